The normalized spacial score (nSPS) is 15.5. The van der Waals surface area contributed by atoms with Gasteiger partial charge >= 0.3 is 0 Å². The lowest BCUT2D eigenvalue weighted by molar-refractivity contribution is 0.205. The highest BCUT2D eigenvalue weighted by atomic mass is 16.6. The second-order valence-electron chi connectivity index (χ2n) is 27.5. The van der Waals surface area contributed by atoms with Crippen LogP contribution in [0.15, 0.2) is 237 Å². The Labute approximate surface area is 632 Å². The summed E-state index contributed by atoms with van der Waals surface area (Å²) in [6.45, 7) is 20.4. The number of aromatic nitrogens is 5. The van der Waals surface area contributed by atoms with Crippen LogP contribution in [0, 0.1) is 52.4 Å². The van der Waals surface area contributed by atoms with E-state index in [0.717, 1.165) is 95.1 Å². The highest BCUT2D eigenvalue weighted by molar-refractivity contribution is 6.01. The number of anilines is 3. The van der Waals surface area contributed by atoms with E-state index in [4.69, 9.17) is 41.8 Å². The molecule has 11 aromatic rings. The standard InChI is InChI=1S/C29H35NO3.C25H28N2.C11H13N5O2.C11H14N2.C10H11N5O2/c1-20-13-22(14-20)17-30-18-27-28(31-3)15-25(16-29(27)32-4)33-19-24-11-8-12-26(21(24)2)23-9-6-5-7-10-23;1-17-4-8-20(9-5-17)24-15-12-21-10-11-22(25(21)24)16-26-19(3)27-23-13-6-18(2)7-14-23;1-6-3-4-8(5-7(6)2)13-11(14-17)9-10(12)16-18-15-9;1-8(12)6-9-7-13-11-5-3-2-4-10(9)11;11-9-8(14-17-15-9)10(13-16)12-6-7-4-2-1-3-5-7/h5-12,15-16,20,22,30H,13-14,17-19H2,1-4H3;4-11,13-15,19,25-27H,12,16H2,1-3H3;3-5,17H,1-2H3,(H2,12,16)(H,13,14);2-5,7-8,13H,6,12H2,1H3;1-5,16H,6H2,(H2,11,15)(H,12,13). The van der Waals surface area contributed by atoms with Crippen molar-refractivity contribution in [3.05, 3.63) is 285 Å². The summed E-state index contributed by atoms with van der Waals surface area (Å²) in [5, 5.41) is 44.0. The Morgan fingerprint density at radius 3 is 1.93 bits per heavy atom. The largest absolute Gasteiger partial charge is 0.496 e. The highest BCUT2D eigenvalue weighted by Crippen LogP contribution is 2.45. The molecule has 562 valence electrons. The summed E-state index contributed by atoms with van der Waals surface area (Å²) >= 11 is 0. The molecule has 0 spiro atoms. The lowest BCUT2D eigenvalue weighted by atomic mass is 9.76. The number of allylic oxidation sites excluding steroid dienone is 5. The molecule has 3 unspecified atom stereocenters. The summed E-state index contributed by atoms with van der Waals surface area (Å²) in [5.41, 5.74) is 42.8. The number of para-hydroxylation sites is 1. The third-order valence-corrected chi connectivity index (χ3v) is 19.2. The van der Waals surface area contributed by atoms with Crippen LogP contribution in [0.3, 0.4) is 0 Å². The van der Waals surface area contributed by atoms with E-state index in [1.807, 2.05) is 111 Å². The van der Waals surface area contributed by atoms with Crippen molar-refractivity contribution in [3.8, 4) is 28.4 Å². The third-order valence-electron chi connectivity index (χ3n) is 19.2. The molecule has 0 saturated heterocycles. The molecular weight excluding hydrogens is 1360 g/mol. The smallest absolute Gasteiger partial charge is 0.199 e. The Kier molecular flexibility index (Phi) is 28.6. The van der Waals surface area contributed by atoms with Crippen LogP contribution >= 0.6 is 0 Å². The molecule has 0 bridgehead atoms. The van der Waals surface area contributed by atoms with E-state index in [1.54, 1.807) is 14.2 Å². The Balaban J connectivity index is 0.000000150. The number of aryl methyl sites for hydroxylation is 4. The number of amidine groups is 2. The van der Waals surface area contributed by atoms with Crippen LogP contribution in [0.4, 0.5) is 23.0 Å². The summed E-state index contributed by atoms with van der Waals surface area (Å²) < 4.78 is 26.5. The Bertz CT molecular complexity index is 4820. The number of hydrogen-bond acceptors (Lipinski definition) is 19. The van der Waals surface area contributed by atoms with E-state index < -0.39 is 0 Å². The number of rotatable bonds is 23. The van der Waals surface area contributed by atoms with Crippen molar-refractivity contribution in [2.24, 2.45) is 33.5 Å². The van der Waals surface area contributed by atoms with Crippen molar-refractivity contribution in [1.82, 2.24) is 47.2 Å². The number of fused-ring (bicyclic) bond motifs is 2. The van der Waals surface area contributed by atoms with Gasteiger partial charge in [-0.2, -0.15) is 0 Å². The first-order valence-corrected chi connectivity index (χ1v) is 36.4. The maximum absolute atomic E-state index is 9.06. The molecule has 0 aliphatic heterocycles. The van der Waals surface area contributed by atoms with E-state index in [0.29, 0.717) is 24.8 Å². The molecule has 8 aromatic carbocycles. The second kappa shape index (κ2) is 39.1. The first kappa shape index (κ1) is 78.9. The maximum atomic E-state index is 9.06. The van der Waals surface area contributed by atoms with Gasteiger partial charge in [-0.3, -0.25) is 31.7 Å². The van der Waals surface area contributed by atoms with E-state index >= 15 is 0 Å². The summed E-state index contributed by atoms with van der Waals surface area (Å²) in [6, 6.07) is 62.0. The Morgan fingerprint density at radius 2 is 1.31 bits per heavy atom. The van der Waals surface area contributed by atoms with E-state index in [1.165, 1.54) is 79.4 Å². The zero-order chi connectivity index (χ0) is 76.5. The van der Waals surface area contributed by atoms with Gasteiger partial charge in [0.25, 0.3) is 0 Å². The first-order chi connectivity index (χ1) is 52.4. The maximum Gasteiger partial charge on any atom is 0.199 e. The minimum atomic E-state index is 0.0548. The molecule has 14 N–H and O–H groups in total. The number of methoxy groups -OCH3 is 2. The minimum absolute atomic E-state index is 0.0548. The molecule has 0 radical (unpaired) electrons. The van der Waals surface area contributed by atoms with Crippen LogP contribution in [-0.2, 0) is 26.1 Å². The summed E-state index contributed by atoms with van der Waals surface area (Å²) in [7, 11) is 3.40. The molecule has 3 atom stereocenters. The number of nitrogens with one attached hydrogen (secondary N) is 6. The van der Waals surface area contributed by atoms with Gasteiger partial charge in [-0.1, -0.05) is 181 Å². The SMILES string of the molecule is CC(N)Cc1c[nH]c2ccccc12.COc1cc(OCc2cccc(-c3ccccc3)c2C)cc(OC)c1CNCC1CC(C)C1.Cc1ccc(N=C(NO)c2nonc2N)cc1C.Cc1ccc(NC(C)NCC2=CC=C3CC=C(c4ccc(C)cc4)C32)cc1.Nc1nonc1C(=NCc1ccccc1)NO. The van der Waals surface area contributed by atoms with Gasteiger partial charge in [-0.15, -0.1) is 0 Å². The fourth-order valence-corrected chi connectivity index (χ4v) is 13.1. The van der Waals surface area contributed by atoms with Crippen molar-refractivity contribution in [2.75, 3.05) is 44.1 Å². The average molecular weight is 1460 g/mol. The van der Waals surface area contributed by atoms with Gasteiger partial charge in [0.05, 0.1) is 38.2 Å². The van der Waals surface area contributed by atoms with E-state index in [9.17, 15) is 0 Å². The topological polar surface area (TPSA) is 325 Å². The van der Waals surface area contributed by atoms with Crippen molar-refractivity contribution in [2.45, 2.75) is 113 Å². The molecule has 108 heavy (non-hydrogen) atoms. The quantitative estimate of drug-likeness (QED) is 0.0123. The molecule has 1 saturated carbocycles. The minimum Gasteiger partial charge on any atom is -0.496 e. The third kappa shape index (κ3) is 21.8. The Morgan fingerprint density at radius 1 is 0.667 bits per heavy atom. The molecule has 1 fully saturated rings. The van der Waals surface area contributed by atoms with Gasteiger partial charge in [0, 0.05) is 60.0 Å². The molecule has 3 heterocycles. The number of ether oxygens (including phenoxy) is 3. The van der Waals surface area contributed by atoms with Gasteiger partial charge in [0.15, 0.2) is 34.7 Å². The summed E-state index contributed by atoms with van der Waals surface area (Å²) in [5.74, 6) is 4.74. The Hall–Kier alpha value is -11.7. The number of nitrogen functional groups attached to an aromatic ring is 2. The average Bonchev–Trinajstić information content (AvgIpc) is 1.62. The van der Waals surface area contributed by atoms with Gasteiger partial charge in [0.2, 0.25) is 0 Å². The summed E-state index contributed by atoms with van der Waals surface area (Å²) in [4.78, 5) is 11.6. The van der Waals surface area contributed by atoms with Crippen molar-refractivity contribution in [1.29, 1.82) is 0 Å². The monoisotopic (exact) mass is 1460 g/mol. The lowest BCUT2D eigenvalue weighted by Crippen LogP contribution is -2.35. The zero-order valence-electron chi connectivity index (χ0n) is 63.2. The molecule has 3 aromatic heterocycles. The van der Waals surface area contributed by atoms with Crippen LogP contribution in [-0.4, -0.2) is 87.2 Å². The first-order valence-electron chi connectivity index (χ1n) is 36.4. The van der Waals surface area contributed by atoms with Crippen molar-refractivity contribution >= 4 is 51.2 Å². The molecule has 3 aliphatic rings. The van der Waals surface area contributed by atoms with E-state index in [-0.39, 0.29) is 46.9 Å². The molecule has 14 rings (SSSR count). The molecular formula is C86H101N15O7. The van der Waals surface area contributed by atoms with Crippen LogP contribution < -0.4 is 58.3 Å². The lowest BCUT2D eigenvalue weighted by Gasteiger charge is -2.32. The number of aromatic amines is 1. The van der Waals surface area contributed by atoms with Crippen LogP contribution in [0.2, 0.25) is 0 Å². The van der Waals surface area contributed by atoms with Gasteiger partial charge < -0.3 is 47.0 Å². The van der Waals surface area contributed by atoms with Crippen molar-refractivity contribution < 1.29 is 33.9 Å². The number of H-pyrrole nitrogens is 1. The fraction of sp³-hybridized carbons (Fsp3) is 0.279. The predicted molar refractivity (Wildman–Crippen MR) is 431 cm³/mol. The molecule has 22 nitrogen and oxygen atoms in total. The van der Waals surface area contributed by atoms with Crippen LogP contribution in [0.5, 0.6) is 17.2 Å². The fourth-order valence-electron chi connectivity index (χ4n) is 13.1. The second-order valence-corrected chi connectivity index (χ2v) is 27.5. The number of nitrogens with zero attached hydrogens (tertiary/aromatic N) is 6. The van der Waals surface area contributed by atoms with Crippen LogP contribution in [0.1, 0.15) is 107 Å². The van der Waals surface area contributed by atoms with Crippen LogP contribution in [0.25, 0.3) is 27.6 Å². The zero-order valence-corrected chi connectivity index (χ0v) is 63.2. The number of aliphatic imine (C=N–C) groups is 2. The number of hydroxylamine groups is 2. The number of benzene rings is 8. The van der Waals surface area contributed by atoms with Crippen molar-refractivity contribution in [3.63, 3.8) is 0 Å². The van der Waals surface area contributed by atoms with Gasteiger partial charge in [0.1, 0.15) is 23.9 Å². The highest BCUT2D eigenvalue weighted by Gasteiger charge is 2.31. The van der Waals surface area contributed by atoms with Gasteiger partial charge in [-0.25, -0.2) is 14.3 Å². The van der Waals surface area contributed by atoms with E-state index in [2.05, 4.69) is 223 Å². The molecule has 22 heteroatoms. The summed E-state index contributed by atoms with van der Waals surface area (Å²) in [6.07, 6.45) is 13.9. The van der Waals surface area contributed by atoms with Gasteiger partial charge in [-0.05, 0) is 205 Å². The molecule has 0 amide bonds. The predicted octanol–water partition coefficient (Wildman–Crippen LogP) is 16.0. The number of nitrogens with two attached hydrogens (primary N) is 3. The molecule has 3 aliphatic carbocycles. The number of hydrogen-bond donors (Lipinski definition) is 11.